The highest BCUT2D eigenvalue weighted by atomic mass is 16.5. The Morgan fingerprint density at radius 2 is 1.90 bits per heavy atom. The summed E-state index contributed by atoms with van der Waals surface area (Å²) in [5, 5.41) is 20.7. The zero-order valence-corrected chi connectivity index (χ0v) is 15.4. The predicted octanol–water partition coefficient (Wildman–Crippen LogP) is 3.22. The monoisotopic (exact) mass is 390 g/mol. The van der Waals surface area contributed by atoms with Crippen molar-refractivity contribution in [3.63, 3.8) is 0 Å². The molecule has 0 aliphatic heterocycles. The number of hydrogen-bond donors (Lipinski definition) is 2. The summed E-state index contributed by atoms with van der Waals surface area (Å²) in [7, 11) is 0. The van der Waals surface area contributed by atoms with Gasteiger partial charge in [0.2, 0.25) is 0 Å². The highest BCUT2D eigenvalue weighted by molar-refractivity contribution is 5.95. The molecule has 1 heterocycles. The zero-order valence-electron chi connectivity index (χ0n) is 15.4. The molecule has 3 aromatic rings. The minimum atomic E-state index is -1.22. The molecule has 0 bridgehead atoms. The van der Waals surface area contributed by atoms with Gasteiger partial charge in [-0.1, -0.05) is 42.5 Å². The number of amides is 1. The summed E-state index contributed by atoms with van der Waals surface area (Å²) < 4.78 is 10.7. The van der Waals surface area contributed by atoms with Crippen LogP contribution in [0, 0.1) is 11.3 Å². The molecule has 7 heteroatoms. The number of carboxylic acids is 1. The maximum atomic E-state index is 12.4. The first-order chi connectivity index (χ1) is 14.1. The highest BCUT2D eigenvalue weighted by Gasteiger charge is 2.23. The molecule has 0 aliphatic rings. The predicted molar refractivity (Wildman–Crippen MR) is 104 cm³/mol. The van der Waals surface area contributed by atoms with Gasteiger partial charge in [-0.15, -0.1) is 0 Å². The number of nitrogens with one attached hydrogen (secondary N) is 1. The van der Waals surface area contributed by atoms with E-state index >= 15 is 0 Å². The number of nitriles is 1. The van der Waals surface area contributed by atoms with Crippen LogP contribution >= 0.6 is 0 Å². The van der Waals surface area contributed by atoms with Crippen molar-refractivity contribution in [2.45, 2.75) is 12.6 Å². The van der Waals surface area contributed by atoms with Gasteiger partial charge in [-0.05, 0) is 29.3 Å². The second kappa shape index (κ2) is 9.35. The van der Waals surface area contributed by atoms with Gasteiger partial charge < -0.3 is 19.6 Å². The van der Waals surface area contributed by atoms with Crippen LogP contribution in [-0.4, -0.2) is 29.6 Å². The van der Waals surface area contributed by atoms with Crippen molar-refractivity contribution in [1.29, 1.82) is 5.26 Å². The summed E-state index contributed by atoms with van der Waals surface area (Å²) >= 11 is 0. The van der Waals surface area contributed by atoms with E-state index in [0.29, 0.717) is 16.7 Å². The molecule has 1 atom stereocenters. The highest BCUT2D eigenvalue weighted by Crippen LogP contribution is 2.23. The molecule has 2 aromatic carbocycles. The van der Waals surface area contributed by atoms with Crippen LogP contribution in [0.1, 0.15) is 21.7 Å². The van der Waals surface area contributed by atoms with E-state index in [1.54, 1.807) is 24.3 Å². The summed E-state index contributed by atoms with van der Waals surface area (Å²) in [4.78, 5) is 23.8. The normalized spacial score (nSPS) is 11.4. The van der Waals surface area contributed by atoms with Crippen LogP contribution in [0.2, 0.25) is 0 Å². The molecule has 0 unspecified atom stereocenters. The molecule has 1 amide bonds. The van der Waals surface area contributed by atoms with Crippen molar-refractivity contribution in [3.05, 3.63) is 83.8 Å². The van der Waals surface area contributed by atoms with Gasteiger partial charge >= 0.3 is 5.97 Å². The quantitative estimate of drug-likeness (QED) is 0.611. The first kappa shape index (κ1) is 19.9. The number of nitrogens with zero attached hydrogens (tertiary/aromatic N) is 1. The summed E-state index contributed by atoms with van der Waals surface area (Å²) in [5.74, 6) is -1.90. The van der Waals surface area contributed by atoms with Crippen LogP contribution in [0.3, 0.4) is 0 Å². The van der Waals surface area contributed by atoms with Gasteiger partial charge in [0.1, 0.15) is 0 Å². The largest absolute Gasteiger partial charge is 0.480 e. The lowest BCUT2D eigenvalue weighted by Crippen LogP contribution is -2.43. The van der Waals surface area contributed by atoms with Crippen LogP contribution in [0.15, 0.2) is 71.3 Å². The molecule has 0 fully saturated rings. The number of carbonyl (C=O) groups excluding carboxylic acids is 1. The Labute approximate surface area is 167 Å². The van der Waals surface area contributed by atoms with E-state index in [9.17, 15) is 14.7 Å². The van der Waals surface area contributed by atoms with Crippen LogP contribution in [0.25, 0.3) is 11.1 Å². The molecule has 0 radical (unpaired) electrons. The molecule has 146 valence electrons. The number of rotatable bonds is 8. The summed E-state index contributed by atoms with van der Waals surface area (Å²) in [5.41, 5.74) is 2.71. The van der Waals surface area contributed by atoms with Crippen molar-refractivity contribution in [2.75, 3.05) is 6.61 Å². The van der Waals surface area contributed by atoms with Crippen LogP contribution in [0.4, 0.5) is 0 Å². The minimum absolute atomic E-state index is 0.0309. The first-order valence-corrected chi connectivity index (χ1v) is 8.81. The molecule has 7 nitrogen and oxygen atoms in total. The molecule has 0 aliphatic carbocycles. The zero-order chi connectivity index (χ0) is 20.6. The van der Waals surface area contributed by atoms with Crippen molar-refractivity contribution in [2.24, 2.45) is 0 Å². The van der Waals surface area contributed by atoms with Crippen LogP contribution in [0.5, 0.6) is 0 Å². The van der Waals surface area contributed by atoms with E-state index in [-0.39, 0.29) is 19.0 Å². The fraction of sp³-hybridized carbons (Fsp3) is 0.136. The van der Waals surface area contributed by atoms with Crippen LogP contribution in [-0.2, 0) is 16.1 Å². The Morgan fingerprint density at radius 3 is 2.62 bits per heavy atom. The summed E-state index contributed by atoms with van der Waals surface area (Å²) in [6.45, 7) is 0.0500. The smallest absolute Gasteiger partial charge is 0.328 e. The summed E-state index contributed by atoms with van der Waals surface area (Å²) in [6, 6.07) is 18.5. The lowest BCUT2D eigenvalue weighted by atomic mass is 10.1. The molecular weight excluding hydrogens is 372 g/mol. The van der Waals surface area contributed by atoms with E-state index in [0.717, 1.165) is 5.56 Å². The molecule has 0 saturated heterocycles. The minimum Gasteiger partial charge on any atom is -0.480 e. The molecule has 29 heavy (non-hydrogen) atoms. The first-order valence-electron chi connectivity index (χ1n) is 8.81. The maximum Gasteiger partial charge on any atom is 0.328 e. The van der Waals surface area contributed by atoms with Gasteiger partial charge in [0.05, 0.1) is 31.1 Å². The number of carbonyl (C=O) groups is 2. The number of hydrogen-bond acceptors (Lipinski definition) is 5. The number of ether oxygens (including phenoxy) is 1. The number of furan rings is 1. The second-order valence-electron chi connectivity index (χ2n) is 6.26. The Kier molecular flexibility index (Phi) is 6.40. The maximum absolute atomic E-state index is 12.4. The third kappa shape index (κ3) is 5.31. The molecule has 3 rings (SSSR count). The Morgan fingerprint density at radius 1 is 1.10 bits per heavy atom. The molecule has 1 aromatic heterocycles. The third-order valence-electron chi connectivity index (χ3n) is 4.15. The summed E-state index contributed by atoms with van der Waals surface area (Å²) in [6.07, 6.45) is 1.38. The van der Waals surface area contributed by atoms with E-state index in [4.69, 9.17) is 14.4 Å². The third-order valence-corrected chi connectivity index (χ3v) is 4.15. The van der Waals surface area contributed by atoms with E-state index < -0.39 is 17.9 Å². The van der Waals surface area contributed by atoms with Crippen LogP contribution < -0.4 is 5.32 Å². The topological polar surface area (TPSA) is 113 Å². The van der Waals surface area contributed by atoms with Crippen molar-refractivity contribution >= 4 is 11.9 Å². The standard InChI is InChI=1S/C22H18N2O5/c23-11-16-7-4-8-17(9-16)18-10-20(29-13-18)21(25)24-19(22(26)27)14-28-12-15-5-2-1-3-6-15/h1-10,13,19H,12,14H2,(H,24,25)(H,26,27)/t19-/m0/s1. The lowest BCUT2D eigenvalue weighted by Gasteiger charge is -2.14. The van der Waals surface area contributed by atoms with E-state index in [2.05, 4.69) is 5.32 Å². The Bertz CT molecular complexity index is 1040. The number of carboxylic acid groups (broad SMARTS) is 1. The van der Waals surface area contributed by atoms with Gasteiger partial charge in [-0.3, -0.25) is 4.79 Å². The molecular formula is C22H18N2O5. The van der Waals surface area contributed by atoms with Gasteiger partial charge in [0.25, 0.3) is 5.91 Å². The van der Waals surface area contributed by atoms with E-state index in [1.807, 2.05) is 36.4 Å². The van der Waals surface area contributed by atoms with Gasteiger partial charge in [-0.2, -0.15) is 5.26 Å². The van der Waals surface area contributed by atoms with E-state index in [1.165, 1.54) is 12.3 Å². The SMILES string of the molecule is N#Cc1cccc(-c2coc(C(=O)N[C@@H](COCc3ccccc3)C(=O)O)c2)c1. The molecule has 0 spiro atoms. The molecule has 0 saturated carbocycles. The fourth-order valence-corrected chi connectivity index (χ4v) is 2.65. The Hall–Kier alpha value is -3.89. The molecule has 2 N–H and O–H groups in total. The fourth-order valence-electron chi connectivity index (χ4n) is 2.65. The van der Waals surface area contributed by atoms with Gasteiger partial charge in [-0.25, -0.2) is 4.79 Å². The lowest BCUT2D eigenvalue weighted by molar-refractivity contribution is -0.141. The van der Waals surface area contributed by atoms with Gasteiger partial charge in [0, 0.05) is 5.56 Å². The average Bonchev–Trinajstić information content (AvgIpc) is 3.24. The average molecular weight is 390 g/mol. The van der Waals surface area contributed by atoms with Gasteiger partial charge in [0.15, 0.2) is 11.8 Å². The second-order valence-corrected chi connectivity index (χ2v) is 6.26. The van der Waals surface area contributed by atoms with Crippen molar-refractivity contribution < 1.29 is 23.8 Å². The number of benzene rings is 2. The van der Waals surface area contributed by atoms with Crippen molar-refractivity contribution in [1.82, 2.24) is 5.32 Å². The Balaban J connectivity index is 1.62. The number of aliphatic carboxylic acids is 1. The van der Waals surface area contributed by atoms with Crippen molar-refractivity contribution in [3.8, 4) is 17.2 Å².